The molecule has 0 radical (unpaired) electrons. The van der Waals surface area contributed by atoms with Crippen LogP contribution in [-0.4, -0.2) is 65.7 Å². The Morgan fingerprint density at radius 2 is 1.98 bits per heavy atom. The smallest absolute Gasteiger partial charge is 0.242 e. The number of carbonyl (C=O) groups is 1. The van der Waals surface area contributed by atoms with Crippen molar-refractivity contribution < 1.29 is 18.3 Å². The third-order valence-electron chi connectivity index (χ3n) is 8.52. The molecule has 2 aliphatic heterocycles. The summed E-state index contributed by atoms with van der Waals surface area (Å²) >= 11 is 0. The van der Waals surface area contributed by atoms with Crippen LogP contribution in [0.25, 0.3) is 38.8 Å². The zero-order valence-corrected chi connectivity index (χ0v) is 24.2. The molecular weight excluding hydrogens is 580 g/mol. The van der Waals surface area contributed by atoms with E-state index in [1.807, 2.05) is 41.0 Å². The van der Waals surface area contributed by atoms with Gasteiger partial charge in [-0.05, 0) is 42.7 Å². The number of benzene rings is 2. The standard InChI is InChI=1S/C32H27F2N9O2/c1-41-27-6-3-9-36-32(44)28-12-21(45-20-10-18(13-35-14-20)22-4-2-5-25(40-41)29(22)27)16-42(28)30-23-15-39-43(31(23)38-17-37-30)26-8-7-19(33)11-24(26)34/h2,4-5,7-8,10-11,13-15,17,21,28H,3,6,9,12,16H2,1H3,(H,36,44)/t21-,28-/m0/s1. The lowest BCUT2D eigenvalue weighted by Crippen LogP contribution is -2.44. The molecule has 2 aromatic carbocycles. The van der Waals surface area contributed by atoms with Crippen molar-refractivity contribution in [2.45, 2.75) is 31.4 Å². The second kappa shape index (κ2) is 10.6. The minimum atomic E-state index is -0.773. The summed E-state index contributed by atoms with van der Waals surface area (Å²) in [5, 5.41) is 13.8. The molecule has 2 aliphatic rings. The molecule has 0 unspecified atom stereocenters. The Balaban J connectivity index is 1.18. The van der Waals surface area contributed by atoms with Crippen LogP contribution in [0, 0.1) is 11.6 Å². The van der Waals surface area contributed by atoms with E-state index in [4.69, 9.17) is 9.84 Å². The van der Waals surface area contributed by atoms with Crippen LogP contribution in [0.15, 0.2) is 67.4 Å². The zero-order chi connectivity index (χ0) is 30.7. The van der Waals surface area contributed by atoms with Crippen LogP contribution < -0.4 is 15.0 Å². The van der Waals surface area contributed by atoms with Crippen LogP contribution in [0.5, 0.6) is 5.75 Å². The van der Waals surface area contributed by atoms with Crippen LogP contribution in [0.1, 0.15) is 18.5 Å². The van der Waals surface area contributed by atoms with Crippen molar-refractivity contribution in [2.24, 2.45) is 7.05 Å². The van der Waals surface area contributed by atoms with Crippen molar-refractivity contribution in [1.82, 2.24) is 39.8 Å². The Hall–Kier alpha value is -5.46. The van der Waals surface area contributed by atoms with Gasteiger partial charge in [-0.15, -0.1) is 0 Å². The van der Waals surface area contributed by atoms with Gasteiger partial charge in [-0.25, -0.2) is 23.4 Å². The molecule has 11 nitrogen and oxygen atoms in total. The number of pyridine rings is 1. The van der Waals surface area contributed by atoms with Crippen LogP contribution in [0.4, 0.5) is 14.6 Å². The van der Waals surface area contributed by atoms with E-state index in [1.54, 1.807) is 6.20 Å². The summed E-state index contributed by atoms with van der Waals surface area (Å²) in [6, 6.07) is 10.7. The molecule has 45 heavy (non-hydrogen) atoms. The van der Waals surface area contributed by atoms with Crippen molar-refractivity contribution in [3.8, 4) is 22.6 Å². The van der Waals surface area contributed by atoms with E-state index in [0.717, 1.165) is 46.3 Å². The molecule has 6 heterocycles. The maximum absolute atomic E-state index is 14.7. The van der Waals surface area contributed by atoms with Crippen molar-refractivity contribution in [3.05, 3.63) is 84.7 Å². The maximum atomic E-state index is 14.7. The number of rotatable bonds is 2. The summed E-state index contributed by atoms with van der Waals surface area (Å²) in [6.07, 6.45) is 7.86. The van der Waals surface area contributed by atoms with Crippen molar-refractivity contribution >= 4 is 33.7 Å². The third kappa shape index (κ3) is 4.62. The predicted molar refractivity (Wildman–Crippen MR) is 162 cm³/mol. The Morgan fingerprint density at radius 1 is 1.07 bits per heavy atom. The number of nitrogens with one attached hydrogen (secondary N) is 1. The van der Waals surface area contributed by atoms with E-state index in [2.05, 4.69) is 31.4 Å². The number of aromatic nitrogens is 7. The van der Waals surface area contributed by atoms with Crippen LogP contribution in [0.2, 0.25) is 0 Å². The van der Waals surface area contributed by atoms with Gasteiger partial charge < -0.3 is 15.0 Å². The predicted octanol–water partition coefficient (Wildman–Crippen LogP) is 4.13. The minimum absolute atomic E-state index is 0.0501. The van der Waals surface area contributed by atoms with Crippen molar-refractivity contribution in [3.63, 3.8) is 0 Å². The van der Waals surface area contributed by atoms with Gasteiger partial charge in [-0.1, -0.05) is 12.1 Å². The van der Waals surface area contributed by atoms with E-state index < -0.39 is 17.7 Å². The zero-order valence-electron chi connectivity index (χ0n) is 24.2. The Kier molecular flexibility index (Phi) is 6.39. The van der Waals surface area contributed by atoms with Gasteiger partial charge in [-0.3, -0.25) is 14.5 Å². The second-order valence-electron chi connectivity index (χ2n) is 11.3. The van der Waals surface area contributed by atoms with E-state index in [1.165, 1.54) is 23.3 Å². The summed E-state index contributed by atoms with van der Waals surface area (Å²) in [7, 11) is 1.94. The summed E-state index contributed by atoms with van der Waals surface area (Å²) in [6.45, 7) is 0.826. The molecule has 0 saturated carbocycles. The Morgan fingerprint density at radius 3 is 2.87 bits per heavy atom. The number of anilines is 1. The fourth-order valence-electron chi connectivity index (χ4n) is 6.50. The average molecular weight is 608 g/mol. The number of hydrogen-bond donors (Lipinski definition) is 1. The average Bonchev–Trinajstić information content (AvgIpc) is 3.74. The molecule has 2 atom stereocenters. The molecule has 4 aromatic heterocycles. The summed E-state index contributed by atoms with van der Waals surface area (Å²) in [4.78, 5) is 29.0. The number of ether oxygens (including phenoxy) is 1. The van der Waals surface area contributed by atoms with E-state index in [-0.39, 0.29) is 17.7 Å². The van der Waals surface area contributed by atoms with Gasteiger partial charge in [0.25, 0.3) is 0 Å². The number of carbonyl (C=O) groups excluding carboxylic acids is 1. The number of nitrogens with zero attached hydrogens (tertiary/aromatic N) is 8. The highest BCUT2D eigenvalue weighted by Crippen LogP contribution is 2.35. The molecule has 4 bridgehead atoms. The lowest BCUT2D eigenvalue weighted by molar-refractivity contribution is -0.122. The first-order chi connectivity index (χ1) is 21.9. The summed E-state index contributed by atoms with van der Waals surface area (Å²) in [5.41, 5.74) is 4.30. The monoisotopic (exact) mass is 607 g/mol. The Labute approximate surface area is 255 Å². The van der Waals surface area contributed by atoms with E-state index in [9.17, 15) is 13.6 Å². The van der Waals surface area contributed by atoms with Gasteiger partial charge >= 0.3 is 0 Å². The molecule has 0 aliphatic carbocycles. The normalized spacial score (nSPS) is 18.5. The fraction of sp³-hybridized carbons (Fsp3) is 0.250. The lowest BCUT2D eigenvalue weighted by Gasteiger charge is -2.25. The minimum Gasteiger partial charge on any atom is -0.487 e. The van der Waals surface area contributed by atoms with Gasteiger partial charge in [0.05, 0.1) is 29.8 Å². The molecule has 1 saturated heterocycles. The van der Waals surface area contributed by atoms with E-state index >= 15 is 0 Å². The highest BCUT2D eigenvalue weighted by atomic mass is 19.1. The van der Waals surface area contributed by atoms with Crippen LogP contribution >= 0.6 is 0 Å². The van der Waals surface area contributed by atoms with Gasteiger partial charge in [0.15, 0.2) is 11.5 Å². The molecule has 13 heteroatoms. The topological polar surface area (TPSA) is 116 Å². The Bertz CT molecular complexity index is 2110. The van der Waals surface area contributed by atoms with Crippen molar-refractivity contribution in [1.29, 1.82) is 0 Å². The summed E-state index contributed by atoms with van der Waals surface area (Å²) in [5.74, 6) is -0.556. The molecule has 226 valence electrons. The van der Waals surface area contributed by atoms with Crippen molar-refractivity contribution in [2.75, 3.05) is 18.0 Å². The highest BCUT2D eigenvalue weighted by Gasteiger charge is 2.40. The largest absolute Gasteiger partial charge is 0.487 e. The molecule has 1 fully saturated rings. The molecule has 0 spiro atoms. The van der Waals surface area contributed by atoms with Crippen LogP contribution in [-0.2, 0) is 18.3 Å². The number of halogens is 2. The van der Waals surface area contributed by atoms with Gasteiger partial charge in [0, 0.05) is 48.9 Å². The second-order valence-corrected chi connectivity index (χ2v) is 11.3. The molecule has 6 aromatic rings. The SMILES string of the molecule is Cn1nc2cccc3c2c1CCCNC(=O)[C@@H]1C[C@@H](CN1c1ncnc2c1cnn2-c1ccc(F)cc1F)Oc1cncc-3c1. The number of hydrogen-bond acceptors (Lipinski definition) is 8. The highest BCUT2D eigenvalue weighted by molar-refractivity contribution is 5.97. The van der Waals surface area contributed by atoms with Gasteiger partial charge in [-0.2, -0.15) is 10.2 Å². The van der Waals surface area contributed by atoms with Crippen LogP contribution in [0.3, 0.4) is 0 Å². The molecular formula is C32H27F2N9O2. The first-order valence-electron chi connectivity index (χ1n) is 14.7. The van der Waals surface area contributed by atoms with Gasteiger partial charge in [0.1, 0.15) is 41.5 Å². The maximum Gasteiger partial charge on any atom is 0.242 e. The number of fused-ring (bicyclic) bond motifs is 6. The quantitative estimate of drug-likeness (QED) is 0.313. The first-order valence-corrected chi connectivity index (χ1v) is 14.7. The molecule has 8 rings (SSSR count). The number of amides is 1. The first kappa shape index (κ1) is 27.1. The third-order valence-corrected chi connectivity index (χ3v) is 8.52. The fourth-order valence-corrected chi connectivity index (χ4v) is 6.50. The number of aryl methyl sites for hydroxylation is 2. The van der Waals surface area contributed by atoms with Gasteiger partial charge in [0.2, 0.25) is 5.91 Å². The van der Waals surface area contributed by atoms with E-state index in [0.29, 0.717) is 48.5 Å². The molecule has 1 N–H and O–H groups in total. The molecule has 1 amide bonds. The lowest BCUT2D eigenvalue weighted by atomic mass is 9.99. The summed E-state index contributed by atoms with van der Waals surface area (Å²) < 4.78 is 38.0.